The van der Waals surface area contributed by atoms with Crippen molar-refractivity contribution in [1.82, 2.24) is 0 Å². The molecule has 0 unspecified atom stereocenters. The molecule has 2 nitrogen and oxygen atoms in total. The minimum Gasteiger partial charge on any atom is -0.650 e. The average Bonchev–Trinajstić information content (AvgIpc) is 2.10. The van der Waals surface area contributed by atoms with E-state index in [0.29, 0.717) is 11.8 Å². The van der Waals surface area contributed by atoms with Gasteiger partial charge in [0.05, 0.1) is 6.10 Å². The minimum atomic E-state index is 0. The average molecular weight is 446 g/mol. The summed E-state index contributed by atoms with van der Waals surface area (Å²) in [4.78, 5) is 10.2. The Hall–Kier alpha value is -1.53. The Kier molecular flexibility index (Phi) is 1.94. The summed E-state index contributed by atoms with van der Waals surface area (Å²) in [6, 6.07) is 0. The van der Waals surface area contributed by atoms with E-state index in [1.165, 1.54) is 32.1 Å². The fourth-order valence-electron chi connectivity index (χ4n) is 4.12. The van der Waals surface area contributed by atoms with Gasteiger partial charge in [-0.1, -0.05) is 6.47 Å². The Morgan fingerprint density at radius 1 is 0.929 bits per heavy atom. The van der Waals surface area contributed by atoms with Crippen molar-refractivity contribution in [2.75, 3.05) is 0 Å². The molecule has 0 amide bonds. The van der Waals surface area contributed by atoms with Crippen LogP contribution in [-0.4, -0.2) is 12.6 Å². The van der Waals surface area contributed by atoms with Crippen molar-refractivity contribution in [3.63, 3.8) is 0 Å². The van der Waals surface area contributed by atoms with Gasteiger partial charge in [0.1, 0.15) is 0 Å². The second-order valence-corrected chi connectivity index (χ2v) is 5.10. The predicted octanol–water partition coefficient (Wildman–Crippen LogP) is 1.89. The van der Waals surface area contributed by atoms with E-state index < -0.39 is 0 Å². The van der Waals surface area contributed by atoms with Crippen LogP contribution < -0.4 is 0 Å². The first-order valence-electron chi connectivity index (χ1n) is 5.39. The predicted molar refractivity (Wildman–Crippen MR) is 47.6 cm³/mol. The molecule has 4 bridgehead atoms. The molecule has 0 heterocycles. The van der Waals surface area contributed by atoms with Gasteiger partial charge in [0.15, 0.2) is 0 Å². The fraction of sp³-hybridized carbons (Fsp3) is 0.909. The van der Waals surface area contributed by atoms with Crippen molar-refractivity contribution >= 4 is 6.47 Å². The number of carbonyl (C=O) groups excluding carboxylic acids is 1. The minimum absolute atomic E-state index is 0. The van der Waals surface area contributed by atoms with Crippen LogP contribution in [0.1, 0.15) is 32.1 Å². The molecule has 74 valence electrons. The van der Waals surface area contributed by atoms with E-state index in [9.17, 15) is 4.79 Å². The Labute approximate surface area is 78.6 Å². The summed E-state index contributed by atoms with van der Waals surface area (Å²) in [5.74, 6) is 3.26. The third kappa shape index (κ3) is 1.08. The summed E-state index contributed by atoms with van der Waals surface area (Å²) >= 11 is 0. The molecule has 0 spiro atoms. The van der Waals surface area contributed by atoms with E-state index in [0.717, 1.165) is 11.8 Å². The topological polar surface area (TPSA) is 26.3 Å². The second-order valence-electron chi connectivity index (χ2n) is 5.10. The van der Waals surface area contributed by atoms with Gasteiger partial charge in [-0.15, -0.1) is 0 Å². The third-order valence-corrected chi connectivity index (χ3v) is 4.32. The van der Waals surface area contributed by atoms with E-state index in [1.54, 1.807) is 6.47 Å². The summed E-state index contributed by atoms with van der Waals surface area (Å²) in [5.41, 5.74) is 0. The number of ether oxygens (including phenoxy) is 1. The summed E-state index contributed by atoms with van der Waals surface area (Å²) in [6.45, 7) is 1.65. The molecule has 0 N–H and O–H groups in total. The Bertz CT molecular complexity index is 201. The van der Waals surface area contributed by atoms with Crippen LogP contribution in [0.15, 0.2) is 0 Å². The van der Waals surface area contributed by atoms with Crippen LogP contribution in [0.25, 0.3) is 0 Å². The molecule has 0 aromatic heterocycles. The standard InChI is InChI=1S/C11H15O2.Rf/c12-6-13-11-9-2-7-1-8(4-9)5-10(11)3-7;/h7-11H,1-5H2;/q-1;. The van der Waals surface area contributed by atoms with Crippen molar-refractivity contribution in [2.24, 2.45) is 23.7 Å². The van der Waals surface area contributed by atoms with E-state index in [-0.39, 0.29) is 6.10 Å². The van der Waals surface area contributed by atoms with Crippen LogP contribution in [0, 0.1) is 23.7 Å². The van der Waals surface area contributed by atoms with Crippen LogP contribution in [-0.2, 0) is 9.53 Å². The molecule has 0 aliphatic heterocycles. The van der Waals surface area contributed by atoms with Gasteiger partial charge in [0, 0.05) is 0 Å². The molecule has 0 radical (unpaired) electrons. The molecule has 4 aliphatic rings. The summed E-state index contributed by atoms with van der Waals surface area (Å²) in [5, 5.41) is 0. The smallest absolute Gasteiger partial charge is 0.0654 e. The van der Waals surface area contributed by atoms with Crippen LogP contribution in [0.3, 0.4) is 0 Å². The summed E-state index contributed by atoms with van der Waals surface area (Å²) in [7, 11) is 0. The van der Waals surface area contributed by atoms with Gasteiger partial charge < -0.3 is 9.53 Å². The molecule has 0 aromatic rings. The first-order valence-corrected chi connectivity index (χ1v) is 5.39. The van der Waals surface area contributed by atoms with Crippen molar-refractivity contribution in [2.45, 2.75) is 38.2 Å². The maximum absolute atomic E-state index is 10.2. The maximum Gasteiger partial charge on any atom is 0.0654 e. The number of hydrogen-bond donors (Lipinski definition) is 0. The molecular formula is C11H15O2Rf-. The van der Waals surface area contributed by atoms with Crippen LogP contribution in [0.2, 0.25) is 0 Å². The largest absolute Gasteiger partial charge is 0.650 e. The van der Waals surface area contributed by atoms with Crippen molar-refractivity contribution in [1.29, 1.82) is 0 Å². The number of rotatable bonds is 2. The summed E-state index contributed by atoms with van der Waals surface area (Å²) < 4.78 is 5.11. The maximum atomic E-state index is 10.2. The van der Waals surface area contributed by atoms with Gasteiger partial charge in [-0.2, -0.15) is 0 Å². The molecule has 3 heteroatoms. The van der Waals surface area contributed by atoms with Crippen molar-refractivity contribution in [3.05, 3.63) is 0 Å². The molecular weight excluding hydrogens is 431 g/mol. The Balaban J connectivity index is 0.000000750. The van der Waals surface area contributed by atoms with Gasteiger partial charge in [-0.3, -0.25) is 0 Å². The number of hydrogen-bond acceptors (Lipinski definition) is 2. The van der Waals surface area contributed by atoms with Crippen LogP contribution in [0.4, 0.5) is 0 Å². The zero-order valence-electron chi connectivity index (χ0n) is 8.45. The van der Waals surface area contributed by atoms with E-state index in [2.05, 4.69) is 0 Å². The SMILES string of the molecule is O=[C-]OC1C2CC3CC(C2)CC1C3.[Rf]. The zero-order chi connectivity index (χ0) is 8.84. The molecule has 4 fully saturated rings. The molecule has 0 saturated heterocycles. The van der Waals surface area contributed by atoms with Crippen LogP contribution >= 0.6 is 0 Å². The van der Waals surface area contributed by atoms with Gasteiger partial charge in [0.25, 0.3) is 0 Å². The molecule has 0 atom stereocenters. The quantitative estimate of drug-likeness (QED) is 0.606. The normalized spacial score (nSPS) is 48.4. The Morgan fingerprint density at radius 3 is 1.86 bits per heavy atom. The van der Waals surface area contributed by atoms with Gasteiger partial charge in [0.2, 0.25) is 0 Å². The van der Waals surface area contributed by atoms with Gasteiger partial charge >= 0.3 is 0 Å². The molecule has 0 aromatic carbocycles. The monoisotopic (exact) mass is 446 g/mol. The first-order chi connectivity index (χ1) is 6.36. The van der Waals surface area contributed by atoms with Gasteiger partial charge in [-0.25, -0.2) is 0 Å². The molecule has 14 heavy (non-hydrogen) atoms. The molecule has 4 rings (SSSR count). The molecule has 4 saturated carbocycles. The third-order valence-electron chi connectivity index (χ3n) is 4.32. The van der Waals surface area contributed by atoms with Crippen molar-refractivity contribution < 1.29 is 9.53 Å². The van der Waals surface area contributed by atoms with Crippen LogP contribution in [0.5, 0.6) is 0 Å². The van der Waals surface area contributed by atoms with E-state index >= 15 is 0 Å². The summed E-state index contributed by atoms with van der Waals surface area (Å²) in [6.07, 6.45) is 6.90. The fourth-order valence-corrected chi connectivity index (χ4v) is 4.12. The van der Waals surface area contributed by atoms with Gasteiger partial charge in [-0.05, 0) is 55.8 Å². The second kappa shape index (κ2) is 3.00. The zero-order valence-corrected chi connectivity index (χ0v) is 14.8. The Morgan fingerprint density at radius 2 is 1.43 bits per heavy atom. The van der Waals surface area contributed by atoms with E-state index in [1.807, 2.05) is 0 Å². The van der Waals surface area contributed by atoms with Crippen molar-refractivity contribution in [3.8, 4) is 0 Å². The first kappa shape index (κ1) is 9.04. The molecule has 4 aliphatic carbocycles. The van der Waals surface area contributed by atoms with E-state index in [4.69, 9.17) is 4.74 Å².